The van der Waals surface area contributed by atoms with Crippen LogP contribution in [-0.2, 0) is 109 Å². The van der Waals surface area contributed by atoms with Crippen LogP contribution in [0.3, 0.4) is 0 Å². The van der Waals surface area contributed by atoms with Gasteiger partial charge in [-0.1, -0.05) is 93.7 Å². The SMILES string of the molecule is CC[C@H](C)CC[C@H](O)CC(=O)O[C@@H](C[C@H](O)CC(=O)O[C@@H]1C(C)O[C@@H](OC(=O)[C@]23CCC(C)(C)CC2C2=CCC4[C@@]5(C)CC[C@H](O[C@@H]6OC(C(=O)O)[C@H](O)C(O[C@@H]7OC[C@@H](O)C(O)C7O)C6O[C@@H]6OC(CO)[C@H](O)C(O)C6O)[C@@](C)(C=O)C5CC[C@@]4(C)[C@]2(C)C[C@H]3O)C(O[C@@H]2OC(C)[C@H](O[C@H]3OCC(O)[C@H](O[C@@H]4OCC(O)(CO)C4O)C3O)C(O[C@@H]3OC(CO)[C@@H](O)C(O)C3O)C2O)C1O)[C@@H](C)CC. The molecule has 12 fully saturated rings. The smallest absolute Gasteiger partial charge is 0.335 e. The topological polar surface area (TPSA) is 717 Å². The summed E-state index contributed by atoms with van der Waals surface area (Å²) >= 11 is 0. The van der Waals surface area contributed by atoms with Crippen LogP contribution in [-0.4, -0.2) is 439 Å². The molecular formula is C93H150O46. The van der Waals surface area contributed by atoms with Crippen molar-refractivity contribution in [1.82, 2.24) is 0 Å². The summed E-state index contributed by atoms with van der Waals surface area (Å²) in [7, 11) is 0. The van der Waals surface area contributed by atoms with Gasteiger partial charge in [0.2, 0.25) is 6.29 Å². The van der Waals surface area contributed by atoms with E-state index in [0.29, 0.717) is 44.9 Å². The molecule has 0 radical (unpaired) electrons. The van der Waals surface area contributed by atoms with E-state index >= 15 is 4.79 Å². The van der Waals surface area contributed by atoms with E-state index < -0.39 is 366 Å². The summed E-state index contributed by atoms with van der Waals surface area (Å²) in [5, 5.41) is 259. The van der Waals surface area contributed by atoms with Gasteiger partial charge in [0, 0.05) is 6.42 Å². The van der Waals surface area contributed by atoms with Gasteiger partial charge in [0.25, 0.3) is 0 Å². The zero-order valence-electron chi connectivity index (χ0n) is 80.4. The summed E-state index contributed by atoms with van der Waals surface area (Å²) < 4.78 is 110. The second-order valence-electron chi connectivity index (χ2n) is 43.0. The summed E-state index contributed by atoms with van der Waals surface area (Å²) in [6, 6.07) is 0. The Morgan fingerprint density at radius 2 is 1.06 bits per heavy atom. The van der Waals surface area contributed by atoms with Crippen LogP contribution in [0.2, 0.25) is 0 Å². The van der Waals surface area contributed by atoms with Gasteiger partial charge in [-0.05, 0) is 136 Å². The fourth-order valence-electron chi connectivity index (χ4n) is 24.2. The Morgan fingerprint density at radius 3 is 1.67 bits per heavy atom. The zero-order chi connectivity index (χ0) is 102. The molecule has 24 unspecified atom stereocenters. The standard InChI is InChI=1S/C93H150O46/c1-13-37(3)15-16-41(98)26-54(103)127-47(38(4)14-2)25-42(99)27-55(104)131-68-39(5)126-83(74(64(68)113)137-82-67(116)72(135-80-62(111)59(108)57(106)48(30-94)128-80)69(40(6)125-82)132-79-66(115)70(46(101)33-123-79)133-85-76(117)92(121,35-97)36-124-85)139-86(120)93-24-23-87(7,8)28-44(93)43-17-18-51-88(9)21-20-53(89(10,34-96)50(88)19-22-90(51,11)91(43,12)29-52(93)102)130-84-75(138-81-63(112)60(109)58(107)49(31-95)129-81)71(65(114)73(136-84)77(118)119)134-78-61(110)56(105)45(100)32-122-78/h17,34,37-42,44-53,56-76,78-85,94-95,97-102,105-117,121H,13-16,18-33,35-36H2,1-12H3,(H,118,119)/t37-,38-,39?,40?,41-,42-,44?,45+,46?,47-,48?,49?,50?,51?,52+,53-,56?,57+,58-,59?,60?,61?,62?,63?,64?,65+,66?,67?,68+,69-,70-,71?,72?,73?,74?,75?,76?,78-,79+,80-,81-,82-,83-,84+,85-,88-,89-,90+,91+,92?,93+/m0/s1. The van der Waals surface area contributed by atoms with Crippen LogP contribution in [0.1, 0.15) is 186 Å². The van der Waals surface area contributed by atoms with E-state index in [-0.39, 0.29) is 62.7 Å². The highest BCUT2D eigenvalue weighted by Crippen LogP contribution is 2.76. The van der Waals surface area contributed by atoms with Gasteiger partial charge in [-0.15, -0.1) is 0 Å². The van der Waals surface area contributed by atoms with Gasteiger partial charge in [0.15, 0.2) is 62.3 Å². The molecule has 51 atom stereocenters. The number of hydrogen-bond acceptors (Lipinski definition) is 45. The Morgan fingerprint density at radius 1 is 0.511 bits per heavy atom. The average molecular weight is 2000 g/mol. The molecule has 23 N–H and O–H groups in total. The highest BCUT2D eigenvalue weighted by molar-refractivity contribution is 5.80. The third kappa shape index (κ3) is 21.9. The first-order chi connectivity index (χ1) is 65.3. The van der Waals surface area contributed by atoms with Crippen molar-refractivity contribution in [2.45, 2.75) is 437 Å². The van der Waals surface area contributed by atoms with Crippen molar-refractivity contribution in [2.24, 2.45) is 62.1 Å². The summed E-state index contributed by atoms with van der Waals surface area (Å²) in [5.74, 6) is -6.59. The second kappa shape index (κ2) is 44.7. The molecule has 8 heterocycles. The molecule has 139 heavy (non-hydrogen) atoms. The van der Waals surface area contributed by atoms with Crippen molar-refractivity contribution in [3.63, 3.8) is 0 Å². The summed E-state index contributed by atoms with van der Waals surface area (Å²) in [6.07, 6.45) is -69.8. The molecule has 0 aromatic heterocycles. The number of ether oxygens (including phenoxy) is 18. The Kier molecular flexibility index (Phi) is 36.0. The number of carboxylic acid groups (broad SMARTS) is 1. The van der Waals surface area contributed by atoms with Gasteiger partial charge in [0.1, 0.15) is 158 Å². The lowest BCUT2D eigenvalue weighted by Crippen LogP contribution is -2.69. The number of hydrogen-bond donors (Lipinski definition) is 23. The van der Waals surface area contributed by atoms with Crippen molar-refractivity contribution in [3.8, 4) is 0 Å². The minimum atomic E-state index is -2.35. The number of esters is 3. The largest absolute Gasteiger partial charge is 0.479 e. The molecule has 0 spiro atoms. The number of carboxylic acids is 1. The van der Waals surface area contributed by atoms with E-state index in [9.17, 15) is 137 Å². The molecule has 798 valence electrons. The fraction of sp³-hybridized carbons (Fsp3) is 0.925. The Labute approximate surface area is 804 Å². The maximum atomic E-state index is 16.6. The molecule has 0 bridgehead atoms. The first-order valence-corrected chi connectivity index (χ1v) is 48.8. The Hall–Kier alpha value is -4.19. The van der Waals surface area contributed by atoms with Crippen molar-refractivity contribution in [2.75, 3.05) is 39.6 Å². The summed E-state index contributed by atoms with van der Waals surface area (Å²) in [6.45, 7) is 17.4. The van der Waals surface area contributed by atoms with E-state index in [2.05, 4.69) is 19.9 Å². The summed E-state index contributed by atoms with van der Waals surface area (Å²) in [4.78, 5) is 72.1. The van der Waals surface area contributed by atoms with Crippen molar-refractivity contribution in [3.05, 3.63) is 11.6 Å². The van der Waals surface area contributed by atoms with Crippen LogP contribution in [0.5, 0.6) is 0 Å². The maximum Gasteiger partial charge on any atom is 0.335 e. The lowest BCUT2D eigenvalue weighted by atomic mass is 9.33. The number of carbonyl (C=O) groups is 5. The molecule has 0 aromatic carbocycles. The first-order valence-electron chi connectivity index (χ1n) is 48.8. The number of rotatable bonds is 35. The molecule has 0 amide bonds. The van der Waals surface area contributed by atoms with Crippen LogP contribution in [0.4, 0.5) is 0 Å². The number of aliphatic hydroxyl groups excluding tert-OH is 21. The molecule has 8 aliphatic heterocycles. The van der Waals surface area contributed by atoms with Gasteiger partial charge in [-0.2, -0.15) is 0 Å². The number of fused-ring (bicyclic) bond motifs is 7. The van der Waals surface area contributed by atoms with Crippen LogP contribution < -0.4 is 0 Å². The van der Waals surface area contributed by atoms with E-state index in [1.54, 1.807) is 13.8 Å². The quantitative estimate of drug-likeness (QED) is 0.00926. The number of allylic oxidation sites excluding steroid dienone is 2. The minimum Gasteiger partial charge on any atom is -0.479 e. The molecule has 8 saturated heterocycles. The molecule has 0 aromatic rings. The lowest BCUT2D eigenvalue weighted by Gasteiger charge is -2.71. The van der Waals surface area contributed by atoms with Gasteiger partial charge < -0.3 is 208 Å². The van der Waals surface area contributed by atoms with Crippen LogP contribution in [0.15, 0.2) is 11.6 Å². The van der Waals surface area contributed by atoms with Gasteiger partial charge >= 0.3 is 23.9 Å². The van der Waals surface area contributed by atoms with Gasteiger partial charge in [-0.25, -0.2) is 4.79 Å². The van der Waals surface area contributed by atoms with E-state index in [1.807, 2.05) is 41.5 Å². The van der Waals surface area contributed by atoms with Gasteiger partial charge in [-0.3, -0.25) is 14.4 Å². The molecule has 46 heteroatoms. The van der Waals surface area contributed by atoms with E-state index in [1.165, 1.54) is 13.8 Å². The van der Waals surface area contributed by atoms with Crippen LogP contribution in [0, 0.1) is 62.1 Å². The third-order valence-corrected chi connectivity index (χ3v) is 33.5. The predicted octanol–water partition coefficient (Wildman–Crippen LogP) is -5.30. The van der Waals surface area contributed by atoms with E-state index in [0.717, 1.165) is 18.3 Å². The van der Waals surface area contributed by atoms with E-state index in [4.69, 9.17) is 85.3 Å². The molecule has 46 nitrogen and oxygen atoms in total. The number of aliphatic hydroxyl groups is 22. The Bertz CT molecular complexity index is 4120. The Balaban J connectivity index is 0.800. The molecule has 13 rings (SSSR count). The monoisotopic (exact) mass is 2000 g/mol. The average Bonchev–Trinajstić information content (AvgIpc) is 0.754. The number of aldehydes is 1. The molecular weight excluding hydrogens is 1850 g/mol. The lowest BCUT2D eigenvalue weighted by molar-refractivity contribution is -0.396. The summed E-state index contributed by atoms with van der Waals surface area (Å²) in [5.41, 5.74) is -7.98. The number of aliphatic carboxylic acids is 1. The van der Waals surface area contributed by atoms with Crippen molar-refractivity contribution < 1.29 is 227 Å². The molecule has 13 aliphatic rings. The normalized spacial score (nSPS) is 48.9. The number of carbonyl (C=O) groups excluding carboxylic acids is 4. The third-order valence-electron chi connectivity index (χ3n) is 33.5. The highest BCUT2D eigenvalue weighted by atomic mass is 16.8. The second-order valence-corrected chi connectivity index (χ2v) is 43.0. The maximum absolute atomic E-state index is 16.6. The zero-order valence-corrected chi connectivity index (χ0v) is 80.4. The van der Waals surface area contributed by atoms with Crippen LogP contribution >= 0.6 is 0 Å². The van der Waals surface area contributed by atoms with Crippen LogP contribution in [0.25, 0.3) is 0 Å². The molecule has 4 saturated carbocycles. The minimum absolute atomic E-state index is 0.0234. The highest BCUT2D eigenvalue weighted by Gasteiger charge is 2.74. The van der Waals surface area contributed by atoms with Crippen molar-refractivity contribution in [1.29, 1.82) is 0 Å². The fourth-order valence-corrected chi connectivity index (χ4v) is 24.2. The van der Waals surface area contributed by atoms with Gasteiger partial charge in [0.05, 0.1) is 94.5 Å². The first kappa shape index (κ1) is 112. The molecule has 5 aliphatic carbocycles. The van der Waals surface area contributed by atoms with Crippen molar-refractivity contribution >= 4 is 30.2 Å². The predicted molar refractivity (Wildman–Crippen MR) is 463 cm³/mol.